The molecule has 0 radical (unpaired) electrons. The van der Waals surface area contributed by atoms with Gasteiger partial charge in [-0.1, -0.05) is 29.8 Å². The number of sulfonamides is 1. The zero-order valence-corrected chi connectivity index (χ0v) is 13.1. The molecule has 0 aliphatic heterocycles. The third kappa shape index (κ3) is 4.05. The van der Waals surface area contributed by atoms with E-state index in [1.165, 1.54) is 0 Å². The lowest BCUT2D eigenvalue weighted by Gasteiger charge is -2.21. The van der Waals surface area contributed by atoms with Gasteiger partial charge in [-0.3, -0.25) is 0 Å². The number of benzene rings is 1. The third-order valence-electron chi connectivity index (χ3n) is 2.61. The van der Waals surface area contributed by atoms with E-state index >= 15 is 0 Å². The van der Waals surface area contributed by atoms with Gasteiger partial charge in [-0.05, 0) is 30.7 Å². The molecule has 0 heterocycles. The molecule has 0 spiro atoms. The normalized spacial score (nSPS) is 12.7. The Labute approximate surface area is 117 Å². The van der Waals surface area contributed by atoms with Gasteiger partial charge in [0.1, 0.15) is 0 Å². The minimum Gasteiger partial charge on any atom is -0.396 e. The van der Waals surface area contributed by atoms with E-state index in [0.717, 1.165) is 10.0 Å². The van der Waals surface area contributed by atoms with Crippen LogP contribution in [0.1, 0.15) is 19.4 Å². The minimum absolute atomic E-state index is 0.0745. The van der Waals surface area contributed by atoms with E-state index in [2.05, 4.69) is 20.7 Å². The first-order valence-corrected chi connectivity index (χ1v) is 7.82. The molecule has 0 unspecified atom stereocenters. The Hall–Kier alpha value is -0.430. The fourth-order valence-electron chi connectivity index (χ4n) is 1.21. The van der Waals surface area contributed by atoms with Crippen LogP contribution in [0.15, 0.2) is 27.6 Å². The van der Waals surface area contributed by atoms with E-state index in [4.69, 9.17) is 5.11 Å². The fraction of sp³-hybridized carbons (Fsp3) is 0.500. The molecule has 2 N–H and O–H groups in total. The molecule has 1 rings (SSSR count). The molecule has 0 saturated heterocycles. The number of rotatable bonds is 5. The van der Waals surface area contributed by atoms with Crippen LogP contribution in [-0.4, -0.2) is 26.7 Å². The summed E-state index contributed by atoms with van der Waals surface area (Å²) in [5.41, 5.74) is 0.386. The van der Waals surface area contributed by atoms with Gasteiger partial charge in [0.25, 0.3) is 0 Å². The van der Waals surface area contributed by atoms with Crippen LogP contribution >= 0.6 is 15.9 Å². The second kappa shape index (κ2) is 5.69. The van der Waals surface area contributed by atoms with Gasteiger partial charge >= 0.3 is 0 Å². The van der Waals surface area contributed by atoms with Gasteiger partial charge in [-0.15, -0.1) is 0 Å². The molecule has 102 valence electrons. The summed E-state index contributed by atoms with van der Waals surface area (Å²) >= 11 is 3.33. The van der Waals surface area contributed by atoms with Gasteiger partial charge in [0, 0.05) is 23.0 Å². The van der Waals surface area contributed by atoms with Gasteiger partial charge in [0.15, 0.2) is 0 Å². The molecule has 1 aromatic carbocycles. The number of aryl methyl sites for hydroxylation is 1. The van der Waals surface area contributed by atoms with Gasteiger partial charge in [0.05, 0.1) is 4.90 Å². The summed E-state index contributed by atoms with van der Waals surface area (Å²) in [7, 11) is -3.52. The quantitative estimate of drug-likeness (QED) is 0.865. The molecule has 1 aromatic rings. The molecule has 0 atom stereocenters. The Balaban J connectivity index is 2.90. The van der Waals surface area contributed by atoms with Crippen LogP contribution in [0.4, 0.5) is 0 Å². The zero-order valence-electron chi connectivity index (χ0n) is 10.7. The number of hydrogen-bond acceptors (Lipinski definition) is 3. The average molecular weight is 336 g/mol. The van der Waals surface area contributed by atoms with Crippen molar-refractivity contribution >= 4 is 26.0 Å². The van der Waals surface area contributed by atoms with E-state index in [-0.39, 0.29) is 18.0 Å². The van der Waals surface area contributed by atoms with Crippen LogP contribution in [-0.2, 0) is 10.0 Å². The zero-order chi connectivity index (χ0) is 14.0. The highest BCUT2D eigenvalue weighted by Crippen LogP contribution is 2.20. The first kappa shape index (κ1) is 15.6. The van der Waals surface area contributed by atoms with E-state index in [9.17, 15) is 8.42 Å². The van der Waals surface area contributed by atoms with E-state index in [1.807, 2.05) is 6.92 Å². The van der Waals surface area contributed by atoms with E-state index < -0.39 is 15.4 Å². The van der Waals surface area contributed by atoms with Gasteiger partial charge in [-0.25, -0.2) is 13.1 Å². The van der Waals surface area contributed by atoms with Crippen molar-refractivity contribution in [1.82, 2.24) is 4.72 Å². The lowest BCUT2D eigenvalue weighted by atomic mass is 9.96. The van der Waals surface area contributed by atoms with Crippen molar-refractivity contribution < 1.29 is 13.5 Å². The highest BCUT2D eigenvalue weighted by Gasteiger charge is 2.21. The van der Waals surface area contributed by atoms with Crippen molar-refractivity contribution in [2.24, 2.45) is 5.41 Å². The molecular formula is C12H18BrNO3S. The maximum absolute atomic E-state index is 12.1. The maximum Gasteiger partial charge on any atom is 0.240 e. The lowest BCUT2D eigenvalue weighted by molar-refractivity contribution is 0.163. The second-order valence-corrected chi connectivity index (χ2v) is 7.68. The molecule has 0 aromatic heterocycles. The number of halogens is 1. The summed E-state index contributed by atoms with van der Waals surface area (Å²) in [5.74, 6) is 0. The highest BCUT2D eigenvalue weighted by molar-refractivity contribution is 9.10. The van der Waals surface area contributed by atoms with Gasteiger partial charge in [-0.2, -0.15) is 0 Å². The average Bonchev–Trinajstić information content (AvgIpc) is 2.30. The molecule has 0 fully saturated rings. The minimum atomic E-state index is -3.52. The standard InChI is InChI=1S/C12H18BrNO3S/c1-9-6-10(4-5-11(9)13)18(16,17)14-7-12(2,3)8-15/h4-6,14-15H,7-8H2,1-3H3. The predicted octanol–water partition coefficient (Wildman–Crippen LogP) is 2.05. The SMILES string of the molecule is Cc1cc(S(=O)(=O)NCC(C)(C)CO)ccc1Br. The summed E-state index contributed by atoms with van der Waals surface area (Å²) in [6.45, 7) is 5.54. The number of hydrogen-bond donors (Lipinski definition) is 2. The Morgan fingerprint density at radius 1 is 1.39 bits per heavy atom. The molecule has 0 amide bonds. The monoisotopic (exact) mass is 335 g/mol. The predicted molar refractivity (Wildman–Crippen MR) is 74.9 cm³/mol. The molecule has 0 aliphatic carbocycles. The third-order valence-corrected chi connectivity index (χ3v) is 4.90. The number of aliphatic hydroxyl groups excluding tert-OH is 1. The summed E-state index contributed by atoms with van der Waals surface area (Å²) in [6, 6.07) is 4.87. The van der Waals surface area contributed by atoms with Crippen LogP contribution in [0.25, 0.3) is 0 Å². The molecule has 18 heavy (non-hydrogen) atoms. The van der Waals surface area contributed by atoms with Gasteiger partial charge in [0.2, 0.25) is 10.0 Å². The van der Waals surface area contributed by atoms with Crippen LogP contribution in [0, 0.1) is 12.3 Å². The fourth-order valence-corrected chi connectivity index (χ4v) is 2.79. The van der Waals surface area contributed by atoms with Crippen LogP contribution < -0.4 is 4.72 Å². The van der Waals surface area contributed by atoms with E-state index in [0.29, 0.717) is 0 Å². The molecular weight excluding hydrogens is 318 g/mol. The number of nitrogens with one attached hydrogen (secondary N) is 1. The molecule has 0 saturated carbocycles. The topological polar surface area (TPSA) is 66.4 Å². The first-order valence-electron chi connectivity index (χ1n) is 5.55. The molecule has 0 aliphatic rings. The largest absolute Gasteiger partial charge is 0.396 e. The summed E-state index contributed by atoms with van der Waals surface area (Å²) < 4.78 is 27.5. The summed E-state index contributed by atoms with van der Waals surface area (Å²) in [5, 5.41) is 9.10. The van der Waals surface area contributed by atoms with Crippen molar-refractivity contribution in [1.29, 1.82) is 0 Å². The first-order chi connectivity index (χ1) is 8.18. The van der Waals surface area contributed by atoms with Crippen LogP contribution in [0.2, 0.25) is 0 Å². The van der Waals surface area contributed by atoms with Crippen molar-refractivity contribution in [2.45, 2.75) is 25.7 Å². The van der Waals surface area contributed by atoms with E-state index in [1.54, 1.807) is 32.0 Å². The highest BCUT2D eigenvalue weighted by atomic mass is 79.9. The Morgan fingerprint density at radius 3 is 2.50 bits per heavy atom. The summed E-state index contributed by atoms with van der Waals surface area (Å²) in [6.07, 6.45) is 0. The van der Waals surface area contributed by atoms with Crippen molar-refractivity contribution in [3.05, 3.63) is 28.2 Å². The Bertz CT molecular complexity index is 526. The molecule has 6 heteroatoms. The smallest absolute Gasteiger partial charge is 0.240 e. The van der Waals surface area contributed by atoms with Crippen molar-refractivity contribution in [2.75, 3.05) is 13.2 Å². The van der Waals surface area contributed by atoms with Gasteiger partial charge < -0.3 is 5.11 Å². The summed E-state index contributed by atoms with van der Waals surface area (Å²) in [4.78, 5) is 0.233. The Kier molecular flexibility index (Phi) is 4.94. The number of aliphatic hydroxyl groups is 1. The van der Waals surface area contributed by atoms with Crippen molar-refractivity contribution in [3.8, 4) is 0 Å². The second-order valence-electron chi connectivity index (χ2n) is 5.06. The lowest BCUT2D eigenvalue weighted by Crippen LogP contribution is -2.36. The van der Waals surface area contributed by atoms with Crippen molar-refractivity contribution in [3.63, 3.8) is 0 Å². The van der Waals surface area contributed by atoms with Crippen LogP contribution in [0.5, 0.6) is 0 Å². The van der Waals surface area contributed by atoms with Crippen LogP contribution in [0.3, 0.4) is 0 Å². The molecule has 4 nitrogen and oxygen atoms in total. The maximum atomic E-state index is 12.1. The Morgan fingerprint density at radius 2 is 2.00 bits per heavy atom. The molecule has 0 bridgehead atoms.